The van der Waals surface area contributed by atoms with Crippen LogP contribution in [-0.2, 0) is 9.53 Å². The second-order valence-electron chi connectivity index (χ2n) is 1.56. The predicted octanol–water partition coefficient (Wildman–Crippen LogP) is -0.717. The normalized spacial score (nSPS) is 13.1. The molecule has 4 nitrogen and oxygen atoms in total. The van der Waals surface area contributed by atoms with Crippen molar-refractivity contribution in [3.63, 3.8) is 0 Å². The highest BCUT2D eigenvalue weighted by molar-refractivity contribution is 5.67. The van der Waals surface area contributed by atoms with Gasteiger partial charge in [-0.1, -0.05) is 0 Å². The van der Waals surface area contributed by atoms with E-state index in [1.54, 1.807) is 0 Å². The summed E-state index contributed by atoms with van der Waals surface area (Å²) in [5, 5.41) is 16.4. The van der Waals surface area contributed by atoms with Gasteiger partial charge in [0.25, 0.3) is 0 Å². The Morgan fingerprint density at radius 2 is 2.33 bits per heavy atom. The molecule has 2 N–H and O–H groups in total. The number of hydrogen-bond acceptors (Lipinski definition) is 3. The molecule has 0 aliphatic heterocycles. The first-order valence-electron chi connectivity index (χ1n) is 2.43. The van der Waals surface area contributed by atoms with Crippen LogP contribution in [0.1, 0.15) is 0 Å². The molecular weight excluding hydrogens is 124 g/mol. The van der Waals surface area contributed by atoms with Gasteiger partial charge in [-0.05, 0) is 6.92 Å². The van der Waals surface area contributed by atoms with Crippen LogP contribution < -0.4 is 0 Å². The van der Waals surface area contributed by atoms with E-state index in [9.17, 15) is 4.79 Å². The van der Waals surface area contributed by atoms with Crippen LogP contribution >= 0.6 is 0 Å². The first-order valence-corrected chi connectivity index (χ1v) is 2.43. The molecule has 0 heterocycles. The maximum Gasteiger partial charge on any atom is 0.329 e. The average molecular weight is 133 g/mol. The lowest BCUT2D eigenvalue weighted by molar-refractivity contribution is -0.142. The summed E-state index contributed by atoms with van der Waals surface area (Å²) in [6.07, 6.45) is -0.843. The summed E-state index contributed by atoms with van der Waals surface area (Å²) in [7, 11) is 0. The molecule has 9 heavy (non-hydrogen) atoms. The van der Waals surface area contributed by atoms with Crippen LogP contribution in [0.3, 0.4) is 0 Å². The zero-order chi connectivity index (χ0) is 7.28. The number of aliphatic carboxylic acids is 1. The molecule has 0 aromatic rings. The molecule has 0 spiro atoms. The van der Waals surface area contributed by atoms with Crippen molar-refractivity contribution in [1.82, 2.24) is 0 Å². The highest BCUT2D eigenvalue weighted by Gasteiger charge is 1.98. The predicted molar refractivity (Wildman–Crippen MR) is 29.8 cm³/mol. The molecule has 1 atom stereocenters. The Kier molecular flexibility index (Phi) is 4.00. The highest BCUT2D eigenvalue weighted by Crippen LogP contribution is 1.80. The van der Waals surface area contributed by atoms with Crippen molar-refractivity contribution in [3.8, 4) is 0 Å². The number of aliphatic hydroxyl groups is 1. The van der Waals surface area contributed by atoms with Crippen molar-refractivity contribution in [2.45, 2.75) is 6.10 Å². The molecule has 1 unspecified atom stereocenters. The van der Waals surface area contributed by atoms with E-state index in [0.717, 1.165) is 0 Å². The van der Waals surface area contributed by atoms with Gasteiger partial charge in [0.15, 0.2) is 0 Å². The molecule has 0 rings (SSSR count). The van der Waals surface area contributed by atoms with Gasteiger partial charge in [0.1, 0.15) is 6.61 Å². The monoisotopic (exact) mass is 133 g/mol. The zero-order valence-electron chi connectivity index (χ0n) is 4.91. The van der Waals surface area contributed by atoms with E-state index in [4.69, 9.17) is 10.2 Å². The largest absolute Gasteiger partial charge is 0.480 e. The third kappa shape index (κ3) is 7.39. The Hall–Kier alpha value is -0.610. The van der Waals surface area contributed by atoms with Gasteiger partial charge in [-0.15, -0.1) is 0 Å². The molecule has 0 bridgehead atoms. The number of carboxylic acid groups (broad SMARTS) is 1. The fourth-order valence-corrected chi connectivity index (χ4v) is 0.282. The molecule has 0 aromatic carbocycles. The maximum absolute atomic E-state index is 9.75. The van der Waals surface area contributed by atoms with Gasteiger partial charge in [-0.3, -0.25) is 0 Å². The lowest BCUT2D eigenvalue weighted by atomic mass is 10.4. The van der Waals surface area contributed by atoms with E-state index >= 15 is 0 Å². The van der Waals surface area contributed by atoms with Crippen LogP contribution in [-0.4, -0.2) is 35.5 Å². The number of carboxylic acids is 1. The van der Waals surface area contributed by atoms with Crippen molar-refractivity contribution >= 4 is 5.97 Å². The summed E-state index contributed by atoms with van der Waals surface area (Å²) in [5.74, 6) is -1.05. The molecule has 0 aliphatic rings. The standard InChI is InChI=1S/C5H9O4/c1-4(6)2-9-3-5(7)8/h4,6H,1-3H2,(H,7,8). The molecule has 0 saturated heterocycles. The second-order valence-corrected chi connectivity index (χ2v) is 1.56. The summed E-state index contributed by atoms with van der Waals surface area (Å²) in [5.41, 5.74) is 0. The van der Waals surface area contributed by atoms with Crippen LogP contribution in [0.15, 0.2) is 0 Å². The third-order valence-corrected chi connectivity index (χ3v) is 0.536. The Labute approximate surface area is 53.1 Å². The van der Waals surface area contributed by atoms with Crippen molar-refractivity contribution < 1.29 is 19.7 Å². The summed E-state index contributed by atoms with van der Waals surface area (Å²) < 4.78 is 4.44. The van der Waals surface area contributed by atoms with Crippen LogP contribution in [0, 0.1) is 6.92 Å². The minimum atomic E-state index is -1.05. The fraction of sp³-hybridized carbons (Fsp3) is 0.600. The van der Waals surface area contributed by atoms with Gasteiger partial charge in [0, 0.05) is 0 Å². The minimum absolute atomic E-state index is 0.0354. The van der Waals surface area contributed by atoms with E-state index in [1.165, 1.54) is 0 Å². The Balaban J connectivity index is 3.01. The minimum Gasteiger partial charge on any atom is -0.480 e. The van der Waals surface area contributed by atoms with Gasteiger partial charge < -0.3 is 14.9 Å². The van der Waals surface area contributed by atoms with Crippen LogP contribution in [0.25, 0.3) is 0 Å². The Bertz CT molecular complexity index is 89.0. The first kappa shape index (κ1) is 8.39. The summed E-state index contributed by atoms with van der Waals surface area (Å²) in [4.78, 5) is 9.75. The maximum atomic E-state index is 9.75. The SMILES string of the molecule is [CH2]C(O)COCC(=O)O. The van der Waals surface area contributed by atoms with Crippen molar-refractivity contribution in [3.05, 3.63) is 6.92 Å². The van der Waals surface area contributed by atoms with Crippen LogP contribution in [0.2, 0.25) is 0 Å². The quantitative estimate of drug-likeness (QED) is 0.531. The summed E-state index contributed by atoms with van der Waals surface area (Å²) >= 11 is 0. The summed E-state index contributed by atoms with van der Waals surface area (Å²) in [6.45, 7) is 2.76. The number of hydrogen-bond donors (Lipinski definition) is 2. The fourth-order valence-electron chi connectivity index (χ4n) is 0.282. The average Bonchev–Trinajstić information content (AvgIpc) is 1.63. The highest BCUT2D eigenvalue weighted by atomic mass is 16.5. The van der Waals surface area contributed by atoms with Crippen molar-refractivity contribution in [2.75, 3.05) is 13.2 Å². The third-order valence-electron chi connectivity index (χ3n) is 0.536. The van der Waals surface area contributed by atoms with Crippen molar-refractivity contribution in [2.24, 2.45) is 0 Å². The number of carbonyl (C=O) groups is 1. The van der Waals surface area contributed by atoms with Gasteiger partial charge in [0.05, 0.1) is 12.7 Å². The summed E-state index contributed by atoms with van der Waals surface area (Å²) in [6, 6.07) is 0. The first-order chi connectivity index (χ1) is 4.13. The number of rotatable bonds is 4. The molecule has 0 aliphatic carbocycles. The van der Waals surface area contributed by atoms with Crippen molar-refractivity contribution in [1.29, 1.82) is 0 Å². The van der Waals surface area contributed by atoms with Crippen LogP contribution in [0.5, 0.6) is 0 Å². The molecule has 1 radical (unpaired) electrons. The van der Waals surface area contributed by atoms with E-state index < -0.39 is 12.1 Å². The molecule has 0 fully saturated rings. The topological polar surface area (TPSA) is 66.8 Å². The van der Waals surface area contributed by atoms with Gasteiger partial charge in [0.2, 0.25) is 0 Å². The lowest BCUT2D eigenvalue weighted by Crippen LogP contribution is -2.15. The van der Waals surface area contributed by atoms with E-state index in [0.29, 0.717) is 0 Å². The smallest absolute Gasteiger partial charge is 0.329 e. The number of ether oxygens (including phenoxy) is 1. The molecule has 0 aromatic heterocycles. The zero-order valence-corrected chi connectivity index (χ0v) is 4.91. The Morgan fingerprint density at radius 1 is 1.78 bits per heavy atom. The molecule has 0 saturated carbocycles. The molecule has 53 valence electrons. The van der Waals surface area contributed by atoms with E-state index in [1.807, 2.05) is 0 Å². The van der Waals surface area contributed by atoms with Crippen LogP contribution in [0.4, 0.5) is 0 Å². The van der Waals surface area contributed by atoms with E-state index in [-0.39, 0.29) is 13.2 Å². The Morgan fingerprint density at radius 3 is 2.67 bits per heavy atom. The van der Waals surface area contributed by atoms with E-state index in [2.05, 4.69) is 11.7 Å². The molecule has 4 heteroatoms. The second kappa shape index (κ2) is 4.29. The van der Waals surface area contributed by atoms with Gasteiger partial charge in [-0.25, -0.2) is 4.79 Å². The van der Waals surface area contributed by atoms with Gasteiger partial charge in [-0.2, -0.15) is 0 Å². The lowest BCUT2D eigenvalue weighted by Gasteiger charge is -2.01. The van der Waals surface area contributed by atoms with Gasteiger partial charge >= 0.3 is 5.97 Å². The molecule has 0 amide bonds. The molecular formula is C5H9O4. The number of aliphatic hydroxyl groups excluding tert-OH is 1.